The van der Waals surface area contributed by atoms with Crippen molar-refractivity contribution >= 4 is 22.9 Å². The number of rotatable bonds is 5. The van der Waals surface area contributed by atoms with Crippen LogP contribution in [0.15, 0.2) is 47.4 Å². The number of hydrogen-bond acceptors (Lipinski definition) is 5. The van der Waals surface area contributed by atoms with Crippen LogP contribution in [0.4, 0.5) is 0 Å². The van der Waals surface area contributed by atoms with Gasteiger partial charge >= 0.3 is 5.97 Å². The van der Waals surface area contributed by atoms with Gasteiger partial charge in [0.05, 0.1) is 5.39 Å². The number of nitrogens with zero attached hydrogens (tertiary/aromatic N) is 2. The second kappa shape index (κ2) is 7.41. The molecule has 3 aromatic rings. The van der Waals surface area contributed by atoms with Crippen molar-refractivity contribution in [2.75, 3.05) is 0 Å². The summed E-state index contributed by atoms with van der Waals surface area (Å²) in [4.78, 5) is 40.6. The monoisotopic (exact) mass is 365 g/mol. The summed E-state index contributed by atoms with van der Waals surface area (Å²) in [7, 11) is 0. The highest BCUT2D eigenvalue weighted by atomic mass is 16.5. The van der Waals surface area contributed by atoms with Crippen molar-refractivity contribution in [2.45, 2.75) is 27.0 Å². The zero-order valence-electron chi connectivity index (χ0n) is 15.1. The van der Waals surface area contributed by atoms with Gasteiger partial charge in [0.2, 0.25) is 11.3 Å². The minimum Gasteiger partial charge on any atom is -0.457 e. The van der Waals surface area contributed by atoms with Crippen LogP contribution in [0.25, 0.3) is 11.0 Å². The van der Waals surface area contributed by atoms with E-state index in [0.29, 0.717) is 28.7 Å². The molecule has 0 saturated carbocycles. The van der Waals surface area contributed by atoms with Crippen molar-refractivity contribution < 1.29 is 14.3 Å². The Morgan fingerprint density at radius 3 is 2.48 bits per heavy atom. The third-order valence-corrected chi connectivity index (χ3v) is 4.23. The van der Waals surface area contributed by atoms with Gasteiger partial charge in [0.15, 0.2) is 0 Å². The van der Waals surface area contributed by atoms with Gasteiger partial charge in [-0.25, -0.2) is 9.78 Å². The number of amides is 1. The van der Waals surface area contributed by atoms with Crippen molar-refractivity contribution in [1.82, 2.24) is 9.55 Å². The van der Waals surface area contributed by atoms with Crippen LogP contribution < -0.4 is 11.2 Å². The molecule has 0 radical (unpaired) electrons. The minimum atomic E-state index is -0.705. The zero-order valence-corrected chi connectivity index (χ0v) is 15.1. The molecule has 0 fully saturated rings. The predicted octanol–water partition coefficient (Wildman–Crippen LogP) is 2.18. The first-order valence-corrected chi connectivity index (χ1v) is 8.47. The van der Waals surface area contributed by atoms with Crippen LogP contribution in [0, 0.1) is 6.92 Å². The van der Waals surface area contributed by atoms with Gasteiger partial charge in [-0.15, -0.1) is 0 Å². The maximum absolute atomic E-state index is 12.7. The second-order valence-corrected chi connectivity index (χ2v) is 6.12. The fourth-order valence-electron chi connectivity index (χ4n) is 2.74. The van der Waals surface area contributed by atoms with Crippen LogP contribution in [0.5, 0.6) is 0 Å². The predicted molar refractivity (Wildman–Crippen MR) is 100 cm³/mol. The summed E-state index contributed by atoms with van der Waals surface area (Å²) in [5, 5.41) is 0.378. The molecule has 0 bridgehead atoms. The van der Waals surface area contributed by atoms with Crippen molar-refractivity contribution in [1.29, 1.82) is 0 Å². The van der Waals surface area contributed by atoms with Gasteiger partial charge < -0.3 is 15.0 Å². The lowest BCUT2D eigenvalue weighted by molar-refractivity contribution is 0.0470. The molecule has 2 heterocycles. The number of ether oxygens (including phenoxy) is 1. The fourth-order valence-corrected chi connectivity index (χ4v) is 2.74. The van der Waals surface area contributed by atoms with Crippen LogP contribution in [0.3, 0.4) is 0 Å². The molecule has 0 aliphatic rings. The number of aryl methyl sites for hydroxylation is 2. The Kier molecular flexibility index (Phi) is 5.03. The zero-order chi connectivity index (χ0) is 19.6. The number of carbonyl (C=O) groups is 2. The molecular weight excluding hydrogens is 346 g/mol. The maximum atomic E-state index is 12.7. The molecule has 0 aliphatic carbocycles. The van der Waals surface area contributed by atoms with Crippen LogP contribution in [-0.2, 0) is 17.9 Å². The van der Waals surface area contributed by atoms with E-state index in [0.717, 1.165) is 5.69 Å². The van der Waals surface area contributed by atoms with Crippen LogP contribution in [-0.4, -0.2) is 21.4 Å². The highest BCUT2D eigenvalue weighted by Crippen LogP contribution is 2.12. The molecule has 0 spiro atoms. The molecule has 7 nitrogen and oxygen atoms in total. The normalized spacial score (nSPS) is 10.7. The van der Waals surface area contributed by atoms with E-state index in [1.807, 2.05) is 13.8 Å². The first-order valence-electron chi connectivity index (χ1n) is 8.47. The number of aromatic nitrogens is 2. The van der Waals surface area contributed by atoms with Crippen molar-refractivity contribution in [3.05, 3.63) is 75.2 Å². The molecule has 138 valence electrons. The first kappa shape index (κ1) is 18.3. The third-order valence-electron chi connectivity index (χ3n) is 4.23. The van der Waals surface area contributed by atoms with E-state index >= 15 is 0 Å². The Balaban J connectivity index is 1.87. The average Bonchev–Trinajstić information content (AvgIpc) is 2.66. The molecule has 0 aliphatic heterocycles. The summed E-state index contributed by atoms with van der Waals surface area (Å²) < 4.78 is 7.03. The van der Waals surface area contributed by atoms with Gasteiger partial charge in [-0.3, -0.25) is 9.59 Å². The fraction of sp³-hybridized carbons (Fsp3) is 0.200. The van der Waals surface area contributed by atoms with Crippen LogP contribution in [0.2, 0.25) is 0 Å². The number of benzene rings is 1. The lowest BCUT2D eigenvalue weighted by atomic mass is 10.1. The number of primary amides is 1. The summed E-state index contributed by atoms with van der Waals surface area (Å²) in [5.74, 6) is -1.23. The molecule has 27 heavy (non-hydrogen) atoms. The first-order chi connectivity index (χ1) is 12.9. The SMILES string of the molecule is CCn1cc(C(=O)OCc2ccc(C(N)=O)cc2)c(=O)c2ccc(C)nc21. The van der Waals surface area contributed by atoms with Crippen molar-refractivity contribution in [2.24, 2.45) is 5.73 Å². The van der Waals surface area contributed by atoms with E-state index < -0.39 is 17.3 Å². The molecule has 2 aromatic heterocycles. The Bertz CT molecular complexity index is 1080. The van der Waals surface area contributed by atoms with E-state index in [-0.39, 0.29) is 12.2 Å². The molecule has 0 unspecified atom stereocenters. The molecule has 7 heteroatoms. The highest BCUT2D eigenvalue weighted by molar-refractivity contribution is 5.93. The Morgan fingerprint density at radius 2 is 1.85 bits per heavy atom. The van der Waals surface area contributed by atoms with Gasteiger partial charge in [-0.2, -0.15) is 0 Å². The number of carbonyl (C=O) groups excluding carboxylic acids is 2. The standard InChI is InChI=1S/C20H19N3O4/c1-3-23-10-16(17(24)15-9-4-12(2)22-19(15)23)20(26)27-11-13-5-7-14(8-6-13)18(21)25/h4-10H,3,11H2,1-2H3,(H2,21,25). The summed E-state index contributed by atoms with van der Waals surface area (Å²) in [6.07, 6.45) is 1.48. The summed E-state index contributed by atoms with van der Waals surface area (Å²) >= 11 is 0. The van der Waals surface area contributed by atoms with E-state index in [2.05, 4.69) is 4.98 Å². The summed E-state index contributed by atoms with van der Waals surface area (Å²) in [6.45, 7) is 4.29. The van der Waals surface area contributed by atoms with E-state index in [9.17, 15) is 14.4 Å². The maximum Gasteiger partial charge on any atom is 0.344 e. The molecular formula is C20H19N3O4. The van der Waals surface area contributed by atoms with E-state index in [1.54, 1.807) is 41.0 Å². The van der Waals surface area contributed by atoms with Crippen molar-refractivity contribution in [3.8, 4) is 0 Å². The average molecular weight is 365 g/mol. The topological polar surface area (TPSA) is 104 Å². The molecule has 0 atom stereocenters. The van der Waals surface area contributed by atoms with Crippen LogP contribution >= 0.6 is 0 Å². The highest BCUT2D eigenvalue weighted by Gasteiger charge is 2.17. The third kappa shape index (κ3) is 3.72. The molecule has 1 amide bonds. The molecule has 3 rings (SSSR count). The minimum absolute atomic E-state index is 0.0202. The number of hydrogen-bond donors (Lipinski definition) is 1. The summed E-state index contributed by atoms with van der Waals surface area (Å²) in [5.41, 5.74) is 7.13. The molecule has 2 N–H and O–H groups in total. The lowest BCUT2D eigenvalue weighted by Crippen LogP contribution is -2.21. The van der Waals surface area contributed by atoms with Crippen LogP contribution in [0.1, 0.15) is 38.9 Å². The largest absolute Gasteiger partial charge is 0.457 e. The van der Waals surface area contributed by atoms with Crippen molar-refractivity contribution in [3.63, 3.8) is 0 Å². The number of fused-ring (bicyclic) bond motifs is 1. The van der Waals surface area contributed by atoms with Gasteiger partial charge in [0, 0.05) is 24.0 Å². The summed E-state index contributed by atoms with van der Waals surface area (Å²) in [6, 6.07) is 9.80. The van der Waals surface area contributed by atoms with E-state index in [1.165, 1.54) is 6.20 Å². The van der Waals surface area contributed by atoms with Gasteiger partial charge in [-0.1, -0.05) is 12.1 Å². The number of nitrogens with two attached hydrogens (primary N) is 1. The Labute approximate surface area is 155 Å². The van der Waals surface area contributed by atoms with Gasteiger partial charge in [0.1, 0.15) is 17.8 Å². The van der Waals surface area contributed by atoms with Gasteiger partial charge in [0.25, 0.3) is 0 Å². The number of esters is 1. The second-order valence-electron chi connectivity index (χ2n) is 6.12. The molecule has 0 saturated heterocycles. The smallest absolute Gasteiger partial charge is 0.344 e. The van der Waals surface area contributed by atoms with E-state index in [4.69, 9.17) is 10.5 Å². The number of pyridine rings is 2. The lowest BCUT2D eigenvalue weighted by Gasteiger charge is -2.11. The van der Waals surface area contributed by atoms with Gasteiger partial charge in [-0.05, 0) is 43.7 Å². The quantitative estimate of drug-likeness (QED) is 0.698. The Hall–Kier alpha value is -3.48. The molecule has 1 aromatic carbocycles. The Morgan fingerprint density at radius 1 is 1.15 bits per heavy atom.